The van der Waals surface area contributed by atoms with Crippen LogP contribution in [0.15, 0.2) is 152 Å². The lowest BCUT2D eigenvalue weighted by Crippen LogP contribution is -2.73. The summed E-state index contributed by atoms with van der Waals surface area (Å²) in [4.78, 5) is 42.3. The second-order valence-electron chi connectivity index (χ2n) is 26.8. The van der Waals surface area contributed by atoms with Crippen LogP contribution < -0.4 is 20.7 Å². The predicted octanol–water partition coefficient (Wildman–Crippen LogP) is 10.7. The third kappa shape index (κ3) is 14.9. The van der Waals surface area contributed by atoms with Crippen molar-refractivity contribution in [1.82, 2.24) is 0 Å². The van der Waals surface area contributed by atoms with Crippen molar-refractivity contribution in [2.45, 2.75) is 178 Å². The van der Waals surface area contributed by atoms with Gasteiger partial charge in [-0.2, -0.15) is 0 Å². The average Bonchev–Trinajstić information content (AvgIpc) is 1.74. The first-order chi connectivity index (χ1) is 41.5. The molecule has 4 aliphatic rings. The number of ketones is 2. The quantitative estimate of drug-likeness (QED) is 0.0223. The lowest BCUT2D eigenvalue weighted by Gasteiger charge is -2.53. The van der Waals surface area contributed by atoms with Gasteiger partial charge in [-0.3, -0.25) is 14.2 Å². The summed E-state index contributed by atoms with van der Waals surface area (Å²) in [6.07, 6.45) is -4.62. The van der Waals surface area contributed by atoms with Crippen LogP contribution in [0.25, 0.3) is 0 Å². The molecule has 4 heterocycles. The molecule has 14 atom stereocenters. The Morgan fingerprint density at radius 1 is 0.563 bits per heavy atom. The summed E-state index contributed by atoms with van der Waals surface area (Å²) in [7, 11) is -5.50. The Bertz CT molecular complexity index is 2990. The van der Waals surface area contributed by atoms with Gasteiger partial charge < -0.3 is 46.5 Å². The van der Waals surface area contributed by atoms with Crippen LogP contribution in [0.5, 0.6) is 0 Å². The number of Topliss-reactive ketones (excluding diaryl/α,β-unsaturated/α-hetero) is 2. The standard InChI is InChI=1S/C70H93O14PSi2/c1-47(45-78-68(73)49-28-18-13-19-29-49)40-59-48(2)57(60(80-59)44-62(75-9)76-10)42-50(71)41-52-38-39-58-63(79-52)67(84-87(70(6,7)8,55-34-24-16-25-35-55)56-36-26-17-27-37-56)66-65(81-58)64(61(82-66)43-51(72)46-85(12,74)77-11)83-86(69(3,4)5,53-30-20-14-21-31-53)54-32-22-15-23-33-54/h13-37,47-48,52,57-67H,38-46H2,1-12H3/t47-,48+,52+,57?,58-,59+,60-,61+,63-,64-,65-,66+,67-,85?/m0/s1. The summed E-state index contributed by atoms with van der Waals surface area (Å²) in [5.41, 5.74) is 0.503. The van der Waals surface area contributed by atoms with E-state index in [9.17, 15) is 18.9 Å². The Hall–Kier alpha value is -4.79. The zero-order valence-corrected chi connectivity index (χ0v) is 55.9. The molecule has 0 N–H and O–H groups in total. The number of fused-ring (bicyclic) bond motifs is 2. The highest BCUT2D eigenvalue weighted by atomic mass is 31.2. The molecular weight excluding hydrogens is 1150 g/mol. The molecular formula is C70H93O14PSi2. The van der Waals surface area contributed by atoms with Gasteiger partial charge in [0.15, 0.2) is 6.29 Å². The summed E-state index contributed by atoms with van der Waals surface area (Å²) in [5, 5.41) is 3.34. The Labute approximate surface area is 518 Å². The van der Waals surface area contributed by atoms with Gasteiger partial charge in [0.25, 0.3) is 16.6 Å². The number of hydrogen-bond donors (Lipinski definition) is 0. The Kier molecular flexibility index (Phi) is 21.9. The smallest absolute Gasteiger partial charge is 0.338 e. The van der Waals surface area contributed by atoms with Gasteiger partial charge in [-0.1, -0.05) is 195 Å². The summed E-state index contributed by atoms with van der Waals surface area (Å²) < 4.78 is 81.8. The SMILES string of the molecule is COC(C[C@@H]1O[C@H](C[C@H](C)COC(=O)c2ccccc2)[C@H](C)C1CC(=O)C[C@H]1CC[C@@H]2O[C@@H]3[C@@H](O[C@H](CC(=O)CP(C)(=O)OC)[C@@H]3O[Si](c3ccccc3)(c3ccccc3)C(C)(C)C)[C@@H](O[Si](c3ccccc3)(c3ccccc3)C(C)(C)C)[C@H]2O1)OC. The van der Waals surface area contributed by atoms with E-state index in [1.54, 1.807) is 26.4 Å². The molecule has 4 saturated heterocycles. The summed E-state index contributed by atoms with van der Waals surface area (Å²) >= 11 is 0. The molecule has 0 radical (unpaired) electrons. The second-order valence-corrected chi connectivity index (χ2v) is 38.0. The van der Waals surface area contributed by atoms with Gasteiger partial charge in [0.2, 0.25) is 7.37 Å². The first-order valence-corrected chi connectivity index (χ1v) is 37.2. The molecule has 4 fully saturated rings. The number of benzene rings is 5. The lowest BCUT2D eigenvalue weighted by molar-refractivity contribution is -0.254. The van der Waals surface area contributed by atoms with Crippen LogP contribution in [0.3, 0.4) is 0 Å². The van der Waals surface area contributed by atoms with Crippen molar-refractivity contribution in [1.29, 1.82) is 0 Å². The molecule has 470 valence electrons. The van der Waals surface area contributed by atoms with E-state index in [4.69, 9.17) is 46.5 Å². The van der Waals surface area contributed by atoms with E-state index in [1.165, 1.54) is 13.8 Å². The van der Waals surface area contributed by atoms with Crippen LogP contribution in [-0.4, -0.2) is 142 Å². The Morgan fingerprint density at radius 2 is 1.05 bits per heavy atom. The van der Waals surface area contributed by atoms with E-state index in [2.05, 4.69) is 152 Å². The summed E-state index contributed by atoms with van der Waals surface area (Å²) in [5.74, 6) is -0.758. The Morgan fingerprint density at radius 3 is 1.53 bits per heavy atom. The molecule has 0 aliphatic carbocycles. The zero-order chi connectivity index (χ0) is 62.3. The highest BCUT2D eigenvalue weighted by molar-refractivity contribution is 7.59. The van der Waals surface area contributed by atoms with Gasteiger partial charge in [0.1, 0.15) is 42.1 Å². The lowest BCUT2D eigenvalue weighted by atomic mass is 9.80. The van der Waals surface area contributed by atoms with Crippen LogP contribution in [0, 0.1) is 17.8 Å². The van der Waals surface area contributed by atoms with Crippen LogP contribution in [0.2, 0.25) is 10.1 Å². The molecule has 0 saturated carbocycles. The number of methoxy groups -OCH3 is 2. The maximum Gasteiger partial charge on any atom is 0.338 e. The summed E-state index contributed by atoms with van der Waals surface area (Å²) in [6, 6.07) is 50.8. The number of esters is 1. The molecule has 4 aliphatic heterocycles. The van der Waals surface area contributed by atoms with Crippen molar-refractivity contribution in [3.05, 3.63) is 157 Å². The van der Waals surface area contributed by atoms with Crippen molar-refractivity contribution in [2.24, 2.45) is 17.8 Å². The molecule has 0 aromatic heterocycles. The molecule has 5 aromatic carbocycles. The van der Waals surface area contributed by atoms with E-state index in [-0.39, 0.29) is 79.5 Å². The van der Waals surface area contributed by atoms with Crippen LogP contribution >= 0.6 is 7.37 Å². The summed E-state index contributed by atoms with van der Waals surface area (Å²) in [6.45, 7) is 19.3. The first kappa shape index (κ1) is 66.6. The third-order valence-electron chi connectivity index (χ3n) is 18.7. The zero-order valence-electron chi connectivity index (χ0n) is 53.0. The normalized spacial score (nSPS) is 27.0. The molecule has 0 bridgehead atoms. The van der Waals surface area contributed by atoms with Gasteiger partial charge in [0.05, 0.1) is 48.9 Å². The third-order valence-corrected chi connectivity index (χ3v) is 30.4. The van der Waals surface area contributed by atoms with Crippen LogP contribution in [0.4, 0.5) is 0 Å². The van der Waals surface area contributed by atoms with Crippen molar-refractivity contribution in [3.63, 3.8) is 0 Å². The fourth-order valence-electron chi connectivity index (χ4n) is 14.2. The molecule has 2 unspecified atom stereocenters. The maximum absolute atomic E-state index is 14.9. The molecule has 0 spiro atoms. The average molecular weight is 1250 g/mol. The molecule has 17 heteroatoms. The molecule has 5 aromatic rings. The molecule has 14 nitrogen and oxygen atoms in total. The molecule has 87 heavy (non-hydrogen) atoms. The first-order valence-electron chi connectivity index (χ1n) is 31.1. The van der Waals surface area contributed by atoms with Crippen molar-refractivity contribution in [2.75, 3.05) is 40.8 Å². The van der Waals surface area contributed by atoms with E-state index in [0.717, 1.165) is 20.7 Å². The van der Waals surface area contributed by atoms with Gasteiger partial charge in [-0.15, -0.1) is 0 Å². The van der Waals surface area contributed by atoms with Gasteiger partial charge in [0, 0.05) is 53.7 Å². The number of rotatable bonds is 26. The van der Waals surface area contributed by atoms with E-state index in [0.29, 0.717) is 31.2 Å². The van der Waals surface area contributed by atoms with Crippen molar-refractivity contribution < 1.29 is 65.5 Å². The number of carbonyl (C=O) groups excluding carboxylic acids is 3. The minimum Gasteiger partial charge on any atom is -0.462 e. The monoisotopic (exact) mass is 1240 g/mol. The molecule has 0 amide bonds. The minimum atomic E-state index is -3.42. The van der Waals surface area contributed by atoms with Gasteiger partial charge in [-0.25, -0.2) is 4.79 Å². The Balaban J connectivity index is 1.07. The largest absolute Gasteiger partial charge is 0.462 e. The topological polar surface area (TPSA) is 161 Å². The van der Waals surface area contributed by atoms with Gasteiger partial charge >= 0.3 is 5.97 Å². The fourth-order valence-corrected chi connectivity index (χ4v) is 24.5. The number of ether oxygens (including phenoxy) is 7. The molecule has 9 rings (SSSR count). The minimum absolute atomic E-state index is 0.0105. The fraction of sp³-hybridized carbons (Fsp3) is 0.529. The van der Waals surface area contributed by atoms with Gasteiger partial charge in [-0.05, 0) is 80.0 Å². The number of hydrogen-bond acceptors (Lipinski definition) is 14. The van der Waals surface area contributed by atoms with E-state index in [1.807, 2.05) is 42.5 Å². The number of carbonyl (C=O) groups is 3. The maximum atomic E-state index is 14.9. The van der Waals surface area contributed by atoms with E-state index >= 15 is 0 Å². The van der Waals surface area contributed by atoms with Crippen molar-refractivity contribution in [3.8, 4) is 0 Å². The highest BCUT2D eigenvalue weighted by Crippen LogP contribution is 2.50. The van der Waals surface area contributed by atoms with Crippen LogP contribution in [0.1, 0.15) is 111 Å². The van der Waals surface area contributed by atoms with E-state index < -0.39 is 89.2 Å². The second kappa shape index (κ2) is 28.6. The van der Waals surface area contributed by atoms with Crippen molar-refractivity contribution >= 4 is 62.3 Å². The predicted molar refractivity (Wildman–Crippen MR) is 344 cm³/mol. The highest BCUT2D eigenvalue weighted by Gasteiger charge is 2.65. The van der Waals surface area contributed by atoms with Crippen LogP contribution in [-0.2, 0) is 60.7 Å².